The van der Waals surface area contributed by atoms with E-state index in [4.69, 9.17) is 11.6 Å². The first-order chi connectivity index (χ1) is 12.0. The zero-order valence-electron chi connectivity index (χ0n) is 12.7. The van der Waals surface area contributed by atoms with E-state index in [1.54, 1.807) is 30.3 Å². The molecule has 3 aromatic rings. The lowest BCUT2D eigenvalue weighted by atomic mass is 10.1. The summed E-state index contributed by atoms with van der Waals surface area (Å²) in [5.41, 5.74) is 4.57. The van der Waals surface area contributed by atoms with Crippen molar-refractivity contribution < 1.29 is 9.90 Å². The average molecular weight is 420 g/mol. The van der Waals surface area contributed by atoms with Crippen molar-refractivity contribution in [2.45, 2.75) is 0 Å². The van der Waals surface area contributed by atoms with Crippen LogP contribution in [0.15, 0.2) is 58.1 Å². The monoisotopic (exact) mass is 418 g/mol. The predicted octanol–water partition coefficient (Wildman–Crippen LogP) is 3.96. The second-order valence-electron chi connectivity index (χ2n) is 5.08. The number of aromatic nitrogens is 2. The molecule has 1 aromatic heterocycles. The van der Waals surface area contributed by atoms with E-state index in [0.717, 1.165) is 10.0 Å². The highest BCUT2D eigenvalue weighted by molar-refractivity contribution is 9.10. The minimum absolute atomic E-state index is 0.0627. The number of carbonyl (C=O) groups is 1. The molecule has 0 atom stereocenters. The van der Waals surface area contributed by atoms with E-state index in [9.17, 15) is 9.90 Å². The van der Waals surface area contributed by atoms with Crippen molar-refractivity contribution in [1.82, 2.24) is 15.6 Å². The molecule has 3 rings (SSSR count). The van der Waals surface area contributed by atoms with Crippen LogP contribution in [-0.4, -0.2) is 27.4 Å². The van der Waals surface area contributed by atoms with Crippen LogP contribution in [0.2, 0.25) is 5.02 Å². The lowest BCUT2D eigenvalue weighted by molar-refractivity contribution is 0.0950. The number of carbonyl (C=O) groups excluding carboxylic acids is 1. The minimum atomic E-state index is -0.446. The molecule has 0 unspecified atom stereocenters. The number of nitrogens with one attached hydrogen (secondary N) is 2. The van der Waals surface area contributed by atoms with Crippen LogP contribution in [-0.2, 0) is 0 Å². The van der Waals surface area contributed by atoms with Gasteiger partial charge in [-0.15, -0.1) is 0 Å². The van der Waals surface area contributed by atoms with E-state index in [-0.39, 0.29) is 11.4 Å². The molecular weight excluding hydrogens is 408 g/mol. The molecule has 0 spiro atoms. The Balaban J connectivity index is 1.69. The van der Waals surface area contributed by atoms with Gasteiger partial charge < -0.3 is 5.11 Å². The SMILES string of the molecule is O=C(N/N=C/c1cc(Br)ccc1O)c1cc(-c2ccc(Cl)cc2)n[nH]1. The molecule has 0 saturated carbocycles. The Morgan fingerprint density at radius 2 is 2.00 bits per heavy atom. The van der Waals surface area contributed by atoms with Crippen molar-refractivity contribution >= 4 is 39.7 Å². The van der Waals surface area contributed by atoms with Crippen molar-refractivity contribution in [1.29, 1.82) is 0 Å². The number of hydrogen-bond donors (Lipinski definition) is 3. The summed E-state index contributed by atoms with van der Waals surface area (Å²) in [6, 6.07) is 13.7. The maximum Gasteiger partial charge on any atom is 0.289 e. The molecule has 3 N–H and O–H groups in total. The van der Waals surface area contributed by atoms with Gasteiger partial charge in [0.05, 0.1) is 11.9 Å². The first-order valence-electron chi connectivity index (χ1n) is 7.16. The number of hydrogen-bond acceptors (Lipinski definition) is 4. The van der Waals surface area contributed by atoms with Gasteiger partial charge in [0.15, 0.2) is 0 Å². The third-order valence-electron chi connectivity index (χ3n) is 3.32. The van der Waals surface area contributed by atoms with Crippen molar-refractivity contribution in [3.63, 3.8) is 0 Å². The van der Waals surface area contributed by atoms with Crippen LogP contribution in [0.3, 0.4) is 0 Å². The highest BCUT2D eigenvalue weighted by Gasteiger charge is 2.10. The zero-order valence-corrected chi connectivity index (χ0v) is 15.0. The van der Waals surface area contributed by atoms with Crippen molar-refractivity contribution in [3.8, 4) is 17.0 Å². The molecule has 0 fully saturated rings. The number of phenolic OH excluding ortho intramolecular Hbond substituents is 1. The van der Waals surface area contributed by atoms with E-state index < -0.39 is 5.91 Å². The summed E-state index contributed by atoms with van der Waals surface area (Å²) in [6.07, 6.45) is 1.36. The number of aromatic amines is 1. The largest absolute Gasteiger partial charge is 0.507 e. The van der Waals surface area contributed by atoms with Crippen molar-refractivity contribution in [3.05, 3.63) is 69.3 Å². The fourth-order valence-corrected chi connectivity index (χ4v) is 2.56. The molecule has 126 valence electrons. The predicted molar refractivity (Wildman–Crippen MR) is 99.9 cm³/mol. The Labute approximate surface area is 156 Å². The maximum absolute atomic E-state index is 12.1. The van der Waals surface area contributed by atoms with Gasteiger partial charge in [-0.1, -0.05) is 39.7 Å². The molecule has 8 heteroatoms. The Bertz CT molecular complexity index is 938. The molecule has 6 nitrogen and oxygen atoms in total. The Morgan fingerprint density at radius 3 is 2.76 bits per heavy atom. The molecular formula is C17H12BrClN4O2. The first-order valence-corrected chi connectivity index (χ1v) is 8.33. The number of benzene rings is 2. The van der Waals surface area contributed by atoms with Gasteiger partial charge >= 0.3 is 0 Å². The minimum Gasteiger partial charge on any atom is -0.507 e. The van der Waals surface area contributed by atoms with E-state index >= 15 is 0 Å². The number of phenols is 1. The van der Waals surface area contributed by atoms with E-state index in [1.165, 1.54) is 12.3 Å². The smallest absolute Gasteiger partial charge is 0.289 e. The van der Waals surface area contributed by atoms with E-state index in [0.29, 0.717) is 16.3 Å². The summed E-state index contributed by atoms with van der Waals surface area (Å²) in [7, 11) is 0. The summed E-state index contributed by atoms with van der Waals surface area (Å²) in [5.74, 6) is -0.383. The van der Waals surface area contributed by atoms with Crippen molar-refractivity contribution in [2.75, 3.05) is 0 Å². The molecule has 1 heterocycles. The van der Waals surface area contributed by atoms with Crippen LogP contribution >= 0.6 is 27.5 Å². The molecule has 0 saturated heterocycles. The summed E-state index contributed by atoms with van der Waals surface area (Å²) in [4.78, 5) is 12.1. The van der Waals surface area contributed by atoms with Gasteiger partial charge in [0.25, 0.3) is 5.91 Å². The molecule has 0 aliphatic carbocycles. The fraction of sp³-hybridized carbons (Fsp3) is 0. The number of nitrogens with zero attached hydrogens (tertiary/aromatic N) is 2. The topological polar surface area (TPSA) is 90.4 Å². The lowest BCUT2D eigenvalue weighted by Gasteiger charge is -1.99. The Hall–Kier alpha value is -2.64. The Morgan fingerprint density at radius 1 is 1.24 bits per heavy atom. The van der Waals surface area contributed by atoms with Crippen LogP contribution in [0.1, 0.15) is 16.1 Å². The molecule has 1 amide bonds. The standard InChI is InChI=1S/C17H12BrClN4O2/c18-12-3-6-16(24)11(7-12)9-20-23-17(25)15-8-14(21-22-15)10-1-4-13(19)5-2-10/h1-9,24H,(H,21,22)(H,23,25)/b20-9+. The van der Waals surface area contributed by atoms with Gasteiger partial charge in [0.1, 0.15) is 11.4 Å². The molecule has 0 bridgehead atoms. The first kappa shape index (κ1) is 17.2. The normalized spacial score (nSPS) is 11.0. The van der Waals surface area contributed by atoms with Gasteiger partial charge in [-0.05, 0) is 36.4 Å². The summed E-state index contributed by atoms with van der Waals surface area (Å²) in [6.45, 7) is 0. The van der Waals surface area contributed by atoms with Gasteiger partial charge in [0, 0.05) is 20.6 Å². The summed E-state index contributed by atoms with van der Waals surface area (Å²) >= 11 is 9.16. The molecule has 25 heavy (non-hydrogen) atoms. The molecule has 0 radical (unpaired) electrons. The van der Waals surface area contributed by atoms with Crippen LogP contribution in [0.5, 0.6) is 5.75 Å². The van der Waals surface area contributed by atoms with Gasteiger partial charge in [-0.2, -0.15) is 10.2 Å². The zero-order chi connectivity index (χ0) is 17.8. The van der Waals surface area contributed by atoms with E-state index in [2.05, 4.69) is 36.7 Å². The van der Waals surface area contributed by atoms with Crippen LogP contribution in [0, 0.1) is 0 Å². The third-order valence-corrected chi connectivity index (χ3v) is 4.07. The van der Waals surface area contributed by atoms with E-state index in [1.807, 2.05) is 12.1 Å². The van der Waals surface area contributed by atoms with Gasteiger partial charge in [0.2, 0.25) is 0 Å². The van der Waals surface area contributed by atoms with Gasteiger partial charge in [-0.3, -0.25) is 9.89 Å². The number of hydrazone groups is 1. The van der Waals surface area contributed by atoms with Crippen LogP contribution < -0.4 is 5.43 Å². The average Bonchev–Trinajstić information content (AvgIpc) is 3.08. The molecule has 2 aromatic carbocycles. The maximum atomic E-state index is 12.1. The second-order valence-corrected chi connectivity index (χ2v) is 6.43. The molecule has 0 aliphatic heterocycles. The number of aromatic hydroxyl groups is 1. The summed E-state index contributed by atoms with van der Waals surface area (Å²) < 4.78 is 0.791. The number of H-pyrrole nitrogens is 1. The fourth-order valence-electron chi connectivity index (χ4n) is 2.06. The number of rotatable bonds is 4. The number of halogens is 2. The summed E-state index contributed by atoms with van der Waals surface area (Å²) in [5, 5.41) is 20.9. The highest BCUT2D eigenvalue weighted by Crippen LogP contribution is 2.21. The number of amides is 1. The highest BCUT2D eigenvalue weighted by atomic mass is 79.9. The Kier molecular flexibility index (Phi) is 5.16. The molecule has 0 aliphatic rings. The quantitative estimate of drug-likeness (QED) is 0.441. The van der Waals surface area contributed by atoms with Crippen LogP contribution in [0.4, 0.5) is 0 Å². The lowest BCUT2D eigenvalue weighted by Crippen LogP contribution is -2.18. The van der Waals surface area contributed by atoms with Crippen LogP contribution in [0.25, 0.3) is 11.3 Å². The van der Waals surface area contributed by atoms with Crippen molar-refractivity contribution in [2.24, 2.45) is 5.10 Å². The van der Waals surface area contributed by atoms with Gasteiger partial charge in [-0.25, -0.2) is 5.43 Å². The third kappa shape index (κ3) is 4.26. The second kappa shape index (κ2) is 7.50.